The van der Waals surface area contributed by atoms with Crippen molar-refractivity contribution in [1.29, 1.82) is 0 Å². The highest BCUT2D eigenvalue weighted by Crippen LogP contribution is 2.66. The molecule has 0 amide bonds. The van der Waals surface area contributed by atoms with E-state index in [1.807, 2.05) is 6.92 Å². The number of hydrogen-bond donors (Lipinski definition) is 0. The van der Waals surface area contributed by atoms with Crippen LogP contribution in [-0.2, 0) is 4.79 Å². The molecule has 124 valence electrons. The van der Waals surface area contributed by atoms with E-state index in [1.54, 1.807) is 0 Å². The first-order valence-corrected chi connectivity index (χ1v) is 9.94. The van der Waals surface area contributed by atoms with Gasteiger partial charge in [0.15, 0.2) is 0 Å². The minimum atomic E-state index is 0.384. The molecule has 0 N–H and O–H groups in total. The molecule has 0 spiro atoms. The van der Waals surface area contributed by atoms with Crippen LogP contribution < -0.4 is 0 Å². The van der Waals surface area contributed by atoms with Gasteiger partial charge in [-0.1, -0.05) is 20.3 Å². The van der Waals surface area contributed by atoms with Gasteiger partial charge in [-0.15, -0.1) is 0 Å². The Labute approximate surface area is 136 Å². The van der Waals surface area contributed by atoms with E-state index in [0.717, 1.165) is 23.7 Å². The lowest BCUT2D eigenvalue weighted by atomic mass is 9.44. The standard InChI is InChI=1S/C21H34O/c1-14(22)15-8-12-21(3)16(13-15)6-7-17-18-5-4-10-20(18,2)11-9-19(17)21/h15-19H,4-13H2,1-3H3/t15-,16+,17-,18+,19-,20+,21-/m0/s1. The fourth-order valence-corrected chi connectivity index (χ4v) is 7.62. The quantitative estimate of drug-likeness (QED) is 0.614. The number of hydrogen-bond acceptors (Lipinski definition) is 1. The van der Waals surface area contributed by atoms with Crippen molar-refractivity contribution in [3.63, 3.8) is 0 Å². The lowest BCUT2D eigenvalue weighted by Crippen LogP contribution is -2.53. The molecule has 4 rings (SSSR count). The van der Waals surface area contributed by atoms with E-state index in [1.165, 1.54) is 64.2 Å². The zero-order chi connectivity index (χ0) is 15.5. The van der Waals surface area contributed by atoms with Crippen molar-refractivity contribution in [2.75, 3.05) is 0 Å². The molecule has 0 aliphatic heterocycles. The van der Waals surface area contributed by atoms with Crippen LogP contribution in [0.1, 0.15) is 85.0 Å². The van der Waals surface area contributed by atoms with Crippen LogP contribution in [0.2, 0.25) is 0 Å². The summed E-state index contributed by atoms with van der Waals surface area (Å²) in [6.07, 6.45) is 14.0. The summed E-state index contributed by atoms with van der Waals surface area (Å²) in [5, 5.41) is 0. The third kappa shape index (κ3) is 2.06. The number of Topliss-reactive ketones (excluding diaryl/α,β-unsaturated/α-hetero) is 1. The molecule has 0 heterocycles. The van der Waals surface area contributed by atoms with Crippen molar-refractivity contribution in [2.24, 2.45) is 40.4 Å². The van der Waals surface area contributed by atoms with Gasteiger partial charge >= 0.3 is 0 Å². The van der Waals surface area contributed by atoms with Crippen LogP contribution in [-0.4, -0.2) is 5.78 Å². The van der Waals surface area contributed by atoms with E-state index in [4.69, 9.17) is 0 Å². The van der Waals surface area contributed by atoms with Gasteiger partial charge in [0, 0.05) is 5.92 Å². The van der Waals surface area contributed by atoms with Gasteiger partial charge in [-0.2, -0.15) is 0 Å². The second kappa shape index (κ2) is 5.08. The molecule has 7 atom stereocenters. The van der Waals surface area contributed by atoms with Crippen LogP contribution in [0.25, 0.3) is 0 Å². The maximum atomic E-state index is 11.9. The van der Waals surface area contributed by atoms with Gasteiger partial charge in [0.05, 0.1) is 0 Å². The third-order valence-electron chi connectivity index (χ3n) is 9.02. The van der Waals surface area contributed by atoms with Crippen LogP contribution in [0.15, 0.2) is 0 Å². The Morgan fingerprint density at radius 1 is 0.909 bits per heavy atom. The molecule has 4 saturated carbocycles. The average molecular weight is 303 g/mol. The highest BCUT2D eigenvalue weighted by Gasteiger charge is 2.57. The average Bonchev–Trinajstić information content (AvgIpc) is 2.88. The summed E-state index contributed by atoms with van der Waals surface area (Å²) in [4.78, 5) is 11.9. The summed E-state index contributed by atoms with van der Waals surface area (Å²) >= 11 is 0. The van der Waals surface area contributed by atoms with E-state index in [-0.39, 0.29) is 0 Å². The molecule has 4 fully saturated rings. The van der Waals surface area contributed by atoms with E-state index >= 15 is 0 Å². The van der Waals surface area contributed by atoms with Gasteiger partial charge in [-0.05, 0) is 99.2 Å². The highest BCUT2D eigenvalue weighted by molar-refractivity contribution is 5.78. The first-order valence-electron chi connectivity index (χ1n) is 9.94. The predicted molar refractivity (Wildman–Crippen MR) is 90.5 cm³/mol. The molecule has 22 heavy (non-hydrogen) atoms. The van der Waals surface area contributed by atoms with Crippen molar-refractivity contribution in [3.05, 3.63) is 0 Å². The summed E-state index contributed by atoms with van der Waals surface area (Å²) in [6, 6.07) is 0. The molecule has 0 aromatic carbocycles. The number of fused-ring (bicyclic) bond motifs is 5. The number of rotatable bonds is 1. The van der Waals surface area contributed by atoms with Crippen LogP contribution >= 0.6 is 0 Å². The van der Waals surface area contributed by atoms with Gasteiger partial charge in [-0.25, -0.2) is 0 Å². The molecule has 0 saturated heterocycles. The molecule has 4 aliphatic carbocycles. The number of carbonyl (C=O) groups excluding carboxylic acids is 1. The lowest BCUT2D eigenvalue weighted by molar-refractivity contribution is -0.133. The molecular weight excluding hydrogens is 268 g/mol. The maximum Gasteiger partial charge on any atom is 0.132 e. The Morgan fingerprint density at radius 2 is 1.73 bits per heavy atom. The first kappa shape index (κ1) is 15.2. The summed E-state index contributed by atoms with van der Waals surface area (Å²) in [7, 11) is 0. The summed E-state index contributed by atoms with van der Waals surface area (Å²) in [5.41, 5.74) is 1.24. The second-order valence-corrected chi connectivity index (χ2v) is 9.82. The molecule has 0 bridgehead atoms. The van der Waals surface area contributed by atoms with Crippen molar-refractivity contribution in [3.8, 4) is 0 Å². The van der Waals surface area contributed by atoms with Crippen molar-refractivity contribution in [2.45, 2.75) is 85.0 Å². The molecule has 0 aromatic heterocycles. The fraction of sp³-hybridized carbons (Fsp3) is 0.952. The van der Waals surface area contributed by atoms with Crippen LogP contribution in [0.3, 0.4) is 0 Å². The van der Waals surface area contributed by atoms with E-state index in [9.17, 15) is 4.79 Å². The van der Waals surface area contributed by atoms with Crippen LogP contribution in [0.5, 0.6) is 0 Å². The monoisotopic (exact) mass is 302 g/mol. The predicted octanol–water partition coefficient (Wildman–Crippen LogP) is 5.62. The van der Waals surface area contributed by atoms with Gasteiger partial charge in [-0.3, -0.25) is 4.79 Å². The van der Waals surface area contributed by atoms with E-state index < -0.39 is 0 Å². The minimum absolute atomic E-state index is 0.384. The Kier molecular flexibility index (Phi) is 3.51. The minimum Gasteiger partial charge on any atom is -0.300 e. The smallest absolute Gasteiger partial charge is 0.132 e. The molecule has 0 unspecified atom stereocenters. The van der Waals surface area contributed by atoms with Gasteiger partial charge in [0.2, 0.25) is 0 Å². The molecule has 4 aliphatic rings. The maximum absolute atomic E-state index is 11.9. The topological polar surface area (TPSA) is 17.1 Å². The zero-order valence-electron chi connectivity index (χ0n) is 14.9. The first-order chi connectivity index (χ1) is 10.4. The van der Waals surface area contributed by atoms with Crippen molar-refractivity contribution < 1.29 is 4.79 Å². The molecule has 0 aromatic rings. The molecular formula is C21H34O. The van der Waals surface area contributed by atoms with Crippen LogP contribution in [0.4, 0.5) is 0 Å². The largest absolute Gasteiger partial charge is 0.300 e. The summed E-state index contributed by atoms with van der Waals surface area (Å²) in [6.45, 7) is 7.04. The fourth-order valence-electron chi connectivity index (χ4n) is 7.62. The van der Waals surface area contributed by atoms with Crippen molar-refractivity contribution in [1.82, 2.24) is 0 Å². The van der Waals surface area contributed by atoms with Gasteiger partial charge in [0.25, 0.3) is 0 Å². The van der Waals surface area contributed by atoms with Gasteiger partial charge < -0.3 is 0 Å². The Hall–Kier alpha value is -0.330. The Balaban J connectivity index is 1.58. The molecule has 0 radical (unpaired) electrons. The summed E-state index contributed by atoms with van der Waals surface area (Å²) in [5.74, 6) is 4.68. The third-order valence-corrected chi connectivity index (χ3v) is 9.02. The highest BCUT2D eigenvalue weighted by atomic mass is 16.1. The zero-order valence-corrected chi connectivity index (χ0v) is 14.9. The normalized spacial score (nSPS) is 54.2. The van der Waals surface area contributed by atoms with E-state index in [2.05, 4.69) is 13.8 Å². The van der Waals surface area contributed by atoms with Gasteiger partial charge in [0.1, 0.15) is 5.78 Å². The molecule has 1 nitrogen and oxygen atoms in total. The Morgan fingerprint density at radius 3 is 2.50 bits per heavy atom. The van der Waals surface area contributed by atoms with Crippen LogP contribution in [0, 0.1) is 40.4 Å². The Bertz CT molecular complexity index is 469. The lowest BCUT2D eigenvalue weighted by Gasteiger charge is -2.60. The number of carbonyl (C=O) groups is 1. The second-order valence-electron chi connectivity index (χ2n) is 9.82. The number of ketones is 1. The van der Waals surface area contributed by atoms with E-state index in [0.29, 0.717) is 22.5 Å². The summed E-state index contributed by atoms with van der Waals surface area (Å²) < 4.78 is 0. The van der Waals surface area contributed by atoms with Crippen molar-refractivity contribution >= 4 is 5.78 Å². The SMILES string of the molecule is CC(=O)[C@H]1CC[C@@]2(C)[C@H](CC[C@H]3[C@H]4CCC[C@]4(C)CC[C@@H]32)C1. The molecule has 1 heteroatoms.